The first kappa shape index (κ1) is 24.2. The third-order valence-corrected chi connectivity index (χ3v) is 5.84. The number of rotatable bonds is 9. The van der Waals surface area contributed by atoms with E-state index in [9.17, 15) is 14.4 Å². The lowest BCUT2D eigenvalue weighted by molar-refractivity contribution is -0.680. The molecule has 8 heteroatoms. The average Bonchev–Trinajstić information content (AvgIpc) is 2.66. The number of hydrogen-bond acceptors (Lipinski definition) is 4. The molecule has 0 spiro atoms. The molecule has 30 heavy (non-hydrogen) atoms. The fourth-order valence-electron chi connectivity index (χ4n) is 4.16. The Bertz CT molecular complexity index is 791. The Morgan fingerprint density at radius 2 is 1.83 bits per heavy atom. The van der Waals surface area contributed by atoms with Crippen LogP contribution < -0.4 is 27.2 Å². The zero-order valence-electron chi connectivity index (χ0n) is 18.9. The largest absolute Gasteiger partial charge is 0.383 e. The average molecular weight is 423 g/mol. The molecule has 1 aliphatic carbocycles. The van der Waals surface area contributed by atoms with Crippen LogP contribution in [0.3, 0.4) is 0 Å². The molecule has 8 nitrogen and oxygen atoms in total. The Labute approximate surface area is 179 Å². The van der Waals surface area contributed by atoms with E-state index in [0.29, 0.717) is 19.1 Å². The van der Waals surface area contributed by atoms with Crippen molar-refractivity contribution >= 4 is 17.4 Å². The van der Waals surface area contributed by atoms with E-state index in [4.69, 9.17) is 5.73 Å². The van der Waals surface area contributed by atoms with Gasteiger partial charge in [0.15, 0.2) is 12.2 Å². The molecule has 1 aromatic rings. The molecular formula is C22H40N5O3+. The minimum absolute atomic E-state index is 0.0767. The van der Waals surface area contributed by atoms with E-state index in [0.717, 1.165) is 25.7 Å². The molecule has 5 N–H and O–H groups in total. The second-order valence-corrected chi connectivity index (χ2v) is 8.94. The highest BCUT2D eigenvalue weighted by Gasteiger charge is 2.26. The Balaban J connectivity index is 2.24. The monoisotopic (exact) mass is 422 g/mol. The molecule has 0 unspecified atom stereocenters. The minimum atomic E-state index is -0.590. The fourth-order valence-corrected chi connectivity index (χ4v) is 4.16. The first-order valence-corrected chi connectivity index (χ1v) is 11.6. The van der Waals surface area contributed by atoms with Crippen molar-refractivity contribution in [3.63, 3.8) is 0 Å². The fraction of sp³-hybridized carbons (Fsp3) is 0.773. The maximum atomic E-state index is 13.2. The lowest BCUT2D eigenvalue weighted by Gasteiger charge is -2.25. The van der Waals surface area contributed by atoms with Crippen molar-refractivity contribution in [2.75, 3.05) is 23.7 Å². The molecule has 1 amide bonds. The summed E-state index contributed by atoms with van der Waals surface area (Å²) in [7, 11) is 0. The number of amides is 1. The van der Waals surface area contributed by atoms with E-state index in [1.807, 2.05) is 20.8 Å². The molecule has 1 saturated carbocycles. The highest BCUT2D eigenvalue weighted by molar-refractivity contribution is 5.96. The van der Waals surface area contributed by atoms with Gasteiger partial charge in [0.1, 0.15) is 5.82 Å². The Kier molecular flexibility index (Phi) is 9.62. The van der Waals surface area contributed by atoms with E-state index >= 15 is 0 Å². The molecule has 1 aliphatic rings. The van der Waals surface area contributed by atoms with Crippen molar-refractivity contribution in [2.45, 2.75) is 91.1 Å². The van der Waals surface area contributed by atoms with Gasteiger partial charge in [-0.2, -0.15) is 0 Å². The Hall–Kier alpha value is -2.09. The normalized spacial score (nSPS) is 15.7. The number of H-pyrrole nitrogens is 1. The first-order chi connectivity index (χ1) is 14.3. The van der Waals surface area contributed by atoms with Crippen molar-refractivity contribution in [3.8, 4) is 0 Å². The molecule has 0 radical (unpaired) electrons. The van der Waals surface area contributed by atoms with Gasteiger partial charge in [0.25, 0.3) is 11.5 Å². The Morgan fingerprint density at radius 3 is 2.43 bits per heavy atom. The summed E-state index contributed by atoms with van der Waals surface area (Å²) in [4.78, 5) is 41.9. The molecule has 0 aromatic carbocycles. The number of aromatic nitrogens is 2. The number of aromatic amines is 1. The van der Waals surface area contributed by atoms with E-state index in [1.54, 1.807) is 0 Å². The number of hydrogen-bond donors (Lipinski definition) is 3. The van der Waals surface area contributed by atoms with E-state index in [2.05, 4.69) is 10.3 Å². The predicted molar refractivity (Wildman–Crippen MR) is 121 cm³/mol. The number of anilines is 2. The predicted octanol–water partition coefficient (Wildman–Crippen LogP) is 1.58. The van der Waals surface area contributed by atoms with E-state index in [1.165, 1.54) is 41.6 Å². The number of quaternary nitrogens is 1. The van der Waals surface area contributed by atoms with E-state index < -0.39 is 11.2 Å². The summed E-state index contributed by atoms with van der Waals surface area (Å²) in [5.41, 5.74) is 5.25. The number of unbranched alkanes of at least 4 members (excludes halogenated alkanes) is 1. The molecule has 1 heterocycles. The standard InChI is InChI=1S/C22H39N5O3/c1-4-5-13-26(18(28)14-24-17-11-9-7-6-8-10-12-17)19-20(23)27(15-16(2)3)22(30)25-21(19)29/h16-17,24H,4-15,23H2,1-3H3,(H,25,29,30)/p+1. The van der Waals surface area contributed by atoms with Crippen molar-refractivity contribution in [3.05, 3.63) is 20.8 Å². The van der Waals surface area contributed by atoms with Gasteiger partial charge in [-0.25, -0.2) is 4.79 Å². The molecule has 0 aliphatic heterocycles. The van der Waals surface area contributed by atoms with Gasteiger partial charge in [0.05, 0.1) is 6.04 Å². The molecule has 170 valence electrons. The number of carbonyl (C=O) groups excluding carboxylic acids is 1. The van der Waals surface area contributed by atoms with Crippen LogP contribution in [0.4, 0.5) is 11.5 Å². The zero-order valence-corrected chi connectivity index (χ0v) is 18.9. The van der Waals surface area contributed by atoms with Crippen LogP contribution in [0.1, 0.15) is 78.6 Å². The SMILES string of the molecule is CCCCN(C(=O)C[NH2+]C1CCCCCCC1)c1c(N)n(CC(C)C)c(=O)[nH]c1=O. The summed E-state index contributed by atoms with van der Waals surface area (Å²) in [6.45, 7) is 7.08. The summed E-state index contributed by atoms with van der Waals surface area (Å²) < 4.78 is 1.37. The van der Waals surface area contributed by atoms with Crippen molar-refractivity contribution < 1.29 is 10.1 Å². The van der Waals surface area contributed by atoms with Gasteiger partial charge >= 0.3 is 5.69 Å². The second kappa shape index (κ2) is 11.9. The van der Waals surface area contributed by atoms with Crippen LogP contribution in [0.2, 0.25) is 0 Å². The highest BCUT2D eigenvalue weighted by atomic mass is 16.2. The van der Waals surface area contributed by atoms with Crippen LogP contribution in [-0.2, 0) is 11.3 Å². The number of nitrogen functional groups attached to an aromatic ring is 1. The number of carbonyl (C=O) groups is 1. The molecular weight excluding hydrogens is 382 g/mol. The lowest BCUT2D eigenvalue weighted by Crippen LogP contribution is -2.92. The summed E-state index contributed by atoms with van der Waals surface area (Å²) in [6.07, 6.45) is 10.2. The van der Waals surface area contributed by atoms with Crippen LogP contribution in [-0.4, -0.2) is 34.6 Å². The summed E-state index contributed by atoms with van der Waals surface area (Å²) in [5.74, 6) is 0.126. The van der Waals surface area contributed by atoms with Gasteiger partial charge in [-0.1, -0.05) is 46.5 Å². The number of nitrogens with two attached hydrogens (primary N) is 2. The van der Waals surface area contributed by atoms with Gasteiger partial charge in [0, 0.05) is 13.1 Å². The van der Waals surface area contributed by atoms with Gasteiger partial charge < -0.3 is 11.1 Å². The van der Waals surface area contributed by atoms with Gasteiger partial charge in [-0.15, -0.1) is 0 Å². The van der Waals surface area contributed by atoms with Gasteiger partial charge in [-0.3, -0.25) is 24.0 Å². The van der Waals surface area contributed by atoms with Crippen LogP contribution in [0.15, 0.2) is 9.59 Å². The van der Waals surface area contributed by atoms with Gasteiger partial charge in [0.2, 0.25) is 0 Å². The number of nitrogens with one attached hydrogen (secondary N) is 1. The summed E-state index contributed by atoms with van der Waals surface area (Å²) >= 11 is 0. The summed E-state index contributed by atoms with van der Waals surface area (Å²) in [6, 6.07) is 0.452. The topological polar surface area (TPSA) is 118 Å². The van der Waals surface area contributed by atoms with Crippen molar-refractivity contribution in [2.24, 2.45) is 5.92 Å². The molecule has 1 aromatic heterocycles. The van der Waals surface area contributed by atoms with Crippen molar-refractivity contribution in [1.29, 1.82) is 0 Å². The third-order valence-electron chi connectivity index (χ3n) is 5.84. The van der Waals surface area contributed by atoms with E-state index in [-0.39, 0.29) is 29.9 Å². The summed E-state index contributed by atoms with van der Waals surface area (Å²) in [5, 5.41) is 2.13. The molecule has 1 fully saturated rings. The maximum Gasteiger partial charge on any atom is 0.330 e. The van der Waals surface area contributed by atoms with Crippen LogP contribution >= 0.6 is 0 Å². The number of nitrogens with zero attached hydrogens (tertiary/aromatic N) is 2. The quantitative estimate of drug-likeness (QED) is 0.560. The highest BCUT2D eigenvalue weighted by Crippen LogP contribution is 2.19. The molecule has 0 saturated heterocycles. The van der Waals surface area contributed by atoms with Crippen LogP contribution in [0.25, 0.3) is 0 Å². The molecule has 0 atom stereocenters. The second-order valence-electron chi connectivity index (χ2n) is 8.94. The smallest absolute Gasteiger partial charge is 0.330 e. The zero-order chi connectivity index (χ0) is 22.1. The maximum absolute atomic E-state index is 13.2. The third kappa shape index (κ3) is 6.72. The Morgan fingerprint density at radius 1 is 1.20 bits per heavy atom. The van der Waals surface area contributed by atoms with Gasteiger partial charge in [-0.05, 0) is 38.0 Å². The van der Waals surface area contributed by atoms with Crippen LogP contribution in [0.5, 0.6) is 0 Å². The van der Waals surface area contributed by atoms with Crippen LogP contribution in [0, 0.1) is 5.92 Å². The van der Waals surface area contributed by atoms with Crippen molar-refractivity contribution in [1.82, 2.24) is 9.55 Å². The lowest BCUT2D eigenvalue weighted by atomic mass is 9.97. The molecule has 0 bridgehead atoms. The molecule has 2 rings (SSSR count). The minimum Gasteiger partial charge on any atom is -0.383 e. The first-order valence-electron chi connectivity index (χ1n) is 11.6.